The number of hydrogen-bond donors (Lipinski definition) is 2. The largest absolute Gasteiger partial charge is 0.481 e. The van der Waals surface area contributed by atoms with Crippen LogP contribution >= 0.6 is 0 Å². The van der Waals surface area contributed by atoms with Gasteiger partial charge in [-0.2, -0.15) is 5.10 Å². The Morgan fingerprint density at radius 2 is 2.22 bits per heavy atom. The number of amides is 1. The summed E-state index contributed by atoms with van der Waals surface area (Å²) in [7, 11) is 1.45. The molecule has 0 aromatic carbocycles. The van der Waals surface area contributed by atoms with Crippen molar-refractivity contribution in [3.8, 4) is 5.69 Å². The molecule has 2 aromatic heterocycles. The lowest BCUT2D eigenvalue weighted by molar-refractivity contribution is -0.139. The maximum Gasteiger partial charge on any atom is 0.305 e. The normalized spacial score (nSPS) is 13.3. The molecule has 1 unspecified atom stereocenters. The van der Waals surface area contributed by atoms with Crippen molar-refractivity contribution in [2.75, 3.05) is 13.7 Å². The number of carboxylic acids is 1. The van der Waals surface area contributed by atoms with Gasteiger partial charge in [0.25, 0.3) is 5.91 Å². The molecule has 1 atom stereocenters. The molecule has 1 amide bonds. The molecule has 23 heavy (non-hydrogen) atoms. The van der Waals surface area contributed by atoms with Gasteiger partial charge in [-0.1, -0.05) is 0 Å². The predicted molar refractivity (Wildman–Crippen MR) is 81.4 cm³/mol. The predicted octanol–water partition coefficient (Wildman–Crippen LogP) is 0.877. The summed E-state index contributed by atoms with van der Waals surface area (Å²) in [5, 5.41) is 15.8. The maximum atomic E-state index is 12.4. The summed E-state index contributed by atoms with van der Waals surface area (Å²) in [5.41, 5.74) is -0.173. The van der Waals surface area contributed by atoms with Gasteiger partial charge in [0.05, 0.1) is 24.3 Å². The van der Waals surface area contributed by atoms with Crippen molar-refractivity contribution in [1.82, 2.24) is 20.1 Å². The topological polar surface area (TPSA) is 106 Å². The van der Waals surface area contributed by atoms with Crippen LogP contribution in [0.1, 0.15) is 23.8 Å². The minimum atomic E-state index is -1.03. The number of aliphatic carboxylic acids is 1. The van der Waals surface area contributed by atoms with Crippen molar-refractivity contribution >= 4 is 11.9 Å². The third-order valence-electron chi connectivity index (χ3n) is 3.16. The molecule has 2 rings (SSSR count). The van der Waals surface area contributed by atoms with Crippen molar-refractivity contribution in [2.45, 2.75) is 18.9 Å². The van der Waals surface area contributed by atoms with Crippen LogP contribution in [0.3, 0.4) is 0 Å². The molecular formula is C15H18N4O4. The lowest BCUT2D eigenvalue weighted by Crippen LogP contribution is -2.51. The highest BCUT2D eigenvalue weighted by molar-refractivity contribution is 5.93. The SMILES string of the molecule is COCC(C)(CC(=O)O)NC(=O)c1cc(-n2cccn2)ccn1. The second-order valence-corrected chi connectivity index (χ2v) is 5.37. The van der Waals surface area contributed by atoms with Gasteiger partial charge in [0.1, 0.15) is 5.69 Å². The number of carbonyl (C=O) groups excluding carboxylic acids is 1. The molecule has 0 aliphatic carbocycles. The molecule has 0 fully saturated rings. The van der Waals surface area contributed by atoms with E-state index >= 15 is 0 Å². The molecule has 2 aromatic rings. The van der Waals surface area contributed by atoms with E-state index in [0.717, 1.165) is 0 Å². The highest BCUT2D eigenvalue weighted by atomic mass is 16.5. The van der Waals surface area contributed by atoms with Crippen LogP contribution in [-0.4, -0.2) is 51.0 Å². The van der Waals surface area contributed by atoms with Gasteiger partial charge in [0.15, 0.2) is 0 Å². The van der Waals surface area contributed by atoms with Crippen molar-refractivity contribution < 1.29 is 19.4 Å². The standard InChI is InChI=1S/C15H18N4O4/c1-15(10-23-2,9-13(20)21)18-14(22)12-8-11(4-6-16-12)19-7-3-5-17-19/h3-8H,9-10H2,1-2H3,(H,18,22)(H,20,21). The van der Waals surface area contributed by atoms with Crippen molar-refractivity contribution in [2.24, 2.45) is 0 Å². The molecule has 0 radical (unpaired) electrons. The van der Waals surface area contributed by atoms with Crippen molar-refractivity contribution in [3.63, 3.8) is 0 Å². The number of ether oxygens (including phenoxy) is 1. The molecule has 0 saturated carbocycles. The first-order valence-electron chi connectivity index (χ1n) is 6.93. The first-order chi connectivity index (χ1) is 10.9. The molecule has 122 valence electrons. The van der Waals surface area contributed by atoms with Crippen LogP contribution in [-0.2, 0) is 9.53 Å². The summed E-state index contributed by atoms with van der Waals surface area (Å²) in [4.78, 5) is 27.4. The summed E-state index contributed by atoms with van der Waals surface area (Å²) in [5.74, 6) is -1.50. The monoisotopic (exact) mass is 318 g/mol. The Morgan fingerprint density at radius 1 is 1.43 bits per heavy atom. The van der Waals surface area contributed by atoms with E-state index in [9.17, 15) is 9.59 Å². The van der Waals surface area contributed by atoms with E-state index < -0.39 is 17.4 Å². The first-order valence-corrected chi connectivity index (χ1v) is 6.93. The summed E-state index contributed by atoms with van der Waals surface area (Å²) in [6.07, 6.45) is 4.61. The first kappa shape index (κ1) is 16.6. The van der Waals surface area contributed by atoms with Crippen LogP contribution < -0.4 is 5.32 Å². The van der Waals surface area contributed by atoms with Gasteiger partial charge in [-0.25, -0.2) is 4.68 Å². The van der Waals surface area contributed by atoms with Gasteiger partial charge in [-0.05, 0) is 25.1 Å². The number of pyridine rings is 1. The fourth-order valence-electron chi connectivity index (χ4n) is 2.23. The van der Waals surface area contributed by atoms with Crippen LogP contribution in [0.5, 0.6) is 0 Å². The lowest BCUT2D eigenvalue weighted by Gasteiger charge is -2.28. The number of rotatable bonds is 7. The smallest absolute Gasteiger partial charge is 0.305 e. The maximum absolute atomic E-state index is 12.4. The minimum absolute atomic E-state index is 0.0733. The van der Waals surface area contributed by atoms with Crippen molar-refractivity contribution in [1.29, 1.82) is 0 Å². The Morgan fingerprint density at radius 3 is 2.83 bits per heavy atom. The van der Waals surface area contributed by atoms with Crippen molar-refractivity contribution in [3.05, 3.63) is 42.5 Å². The average molecular weight is 318 g/mol. The average Bonchev–Trinajstić information content (AvgIpc) is 3.00. The highest BCUT2D eigenvalue weighted by Gasteiger charge is 2.30. The molecule has 2 heterocycles. The molecule has 0 bridgehead atoms. The zero-order valence-electron chi connectivity index (χ0n) is 12.9. The fraction of sp³-hybridized carbons (Fsp3) is 0.333. The van der Waals surface area contributed by atoms with E-state index in [0.29, 0.717) is 5.69 Å². The minimum Gasteiger partial charge on any atom is -0.481 e. The van der Waals surface area contributed by atoms with E-state index in [1.54, 1.807) is 42.2 Å². The van der Waals surface area contributed by atoms with E-state index in [1.165, 1.54) is 13.3 Å². The number of methoxy groups -OCH3 is 1. The van der Waals surface area contributed by atoms with E-state index in [-0.39, 0.29) is 18.7 Å². The van der Waals surface area contributed by atoms with Crippen LogP contribution in [0.4, 0.5) is 0 Å². The molecule has 2 N–H and O–H groups in total. The molecule has 0 saturated heterocycles. The van der Waals surface area contributed by atoms with Gasteiger partial charge >= 0.3 is 5.97 Å². The number of carboxylic acid groups (broad SMARTS) is 1. The number of nitrogens with zero attached hydrogens (tertiary/aromatic N) is 3. The molecular weight excluding hydrogens is 300 g/mol. The second kappa shape index (κ2) is 7.01. The summed E-state index contributed by atoms with van der Waals surface area (Å²) < 4.78 is 6.62. The molecule has 0 spiro atoms. The number of aromatic nitrogens is 3. The summed E-state index contributed by atoms with van der Waals surface area (Å²) in [6.45, 7) is 1.68. The van der Waals surface area contributed by atoms with Gasteiger partial charge in [0, 0.05) is 25.7 Å². The van der Waals surface area contributed by atoms with Crippen LogP contribution in [0.2, 0.25) is 0 Å². The van der Waals surface area contributed by atoms with Gasteiger partial charge in [-0.15, -0.1) is 0 Å². The Bertz CT molecular complexity index is 687. The second-order valence-electron chi connectivity index (χ2n) is 5.37. The Hall–Kier alpha value is -2.74. The zero-order valence-corrected chi connectivity index (χ0v) is 12.9. The molecule has 8 nitrogen and oxygen atoms in total. The Labute approximate surface area is 133 Å². The quantitative estimate of drug-likeness (QED) is 0.785. The summed E-state index contributed by atoms with van der Waals surface area (Å²) in [6, 6.07) is 5.06. The van der Waals surface area contributed by atoms with Gasteiger partial charge in [-0.3, -0.25) is 14.6 Å². The number of hydrogen-bond acceptors (Lipinski definition) is 5. The van der Waals surface area contributed by atoms with Gasteiger partial charge < -0.3 is 15.2 Å². The zero-order chi connectivity index (χ0) is 16.9. The fourth-order valence-corrected chi connectivity index (χ4v) is 2.23. The summed E-state index contributed by atoms with van der Waals surface area (Å²) >= 11 is 0. The van der Waals surface area contributed by atoms with Crippen LogP contribution in [0.15, 0.2) is 36.8 Å². The van der Waals surface area contributed by atoms with E-state index in [1.807, 2.05) is 0 Å². The molecule has 0 aliphatic heterocycles. The van der Waals surface area contributed by atoms with Gasteiger partial charge in [0.2, 0.25) is 0 Å². The Balaban J connectivity index is 2.19. The van der Waals surface area contributed by atoms with E-state index in [2.05, 4.69) is 15.4 Å². The van der Waals surface area contributed by atoms with Crippen LogP contribution in [0, 0.1) is 0 Å². The molecule has 8 heteroatoms. The third kappa shape index (κ3) is 4.36. The molecule has 0 aliphatic rings. The third-order valence-corrected chi connectivity index (χ3v) is 3.16. The number of nitrogens with one attached hydrogen (secondary N) is 1. The van der Waals surface area contributed by atoms with Crippen LogP contribution in [0.25, 0.3) is 5.69 Å². The highest BCUT2D eigenvalue weighted by Crippen LogP contribution is 2.13. The lowest BCUT2D eigenvalue weighted by atomic mass is 9.98. The Kier molecular flexibility index (Phi) is 5.07. The van der Waals surface area contributed by atoms with E-state index in [4.69, 9.17) is 9.84 Å². The number of carbonyl (C=O) groups is 2.